The fourth-order valence-electron chi connectivity index (χ4n) is 0.958. The third-order valence-corrected chi connectivity index (χ3v) is 1.59. The highest BCUT2D eigenvalue weighted by Crippen LogP contribution is 1.93. The maximum Gasteiger partial charge on any atom is 0.221 e. The minimum atomic E-state index is 0.0418. The van der Waals surface area contributed by atoms with Crippen molar-refractivity contribution >= 4 is 11.9 Å². The number of nitrogens with one attached hydrogen (secondary N) is 1. The highest BCUT2D eigenvalue weighted by molar-refractivity contribution is 5.93. The van der Waals surface area contributed by atoms with Gasteiger partial charge in [-0.25, -0.2) is 0 Å². The van der Waals surface area contributed by atoms with Gasteiger partial charge < -0.3 is 16.8 Å². The standard InChI is InChI=1S/C9H21N5/c1-3-5-6-7-13-9(12-4-2)14-8(10)11/h3-7H2,1-2H3,(H5,10,11,12,13,14). The SMILES string of the molecule is CCCCCN=C(N=C(N)N)NCC. The lowest BCUT2D eigenvalue weighted by Gasteiger charge is -2.02. The van der Waals surface area contributed by atoms with Gasteiger partial charge in [-0.1, -0.05) is 19.8 Å². The van der Waals surface area contributed by atoms with Crippen LogP contribution >= 0.6 is 0 Å². The molecule has 5 N–H and O–H groups in total. The second-order valence-corrected chi connectivity index (χ2v) is 2.98. The van der Waals surface area contributed by atoms with E-state index in [1.807, 2.05) is 6.92 Å². The zero-order valence-electron chi connectivity index (χ0n) is 9.08. The van der Waals surface area contributed by atoms with Crippen LogP contribution in [-0.4, -0.2) is 25.0 Å². The molecule has 0 aromatic carbocycles. The maximum atomic E-state index is 5.26. The molecule has 0 aromatic heterocycles. The molecule has 0 unspecified atom stereocenters. The van der Waals surface area contributed by atoms with Gasteiger partial charge in [0.2, 0.25) is 5.96 Å². The maximum absolute atomic E-state index is 5.26. The molecule has 0 atom stereocenters. The van der Waals surface area contributed by atoms with Gasteiger partial charge in [-0.15, -0.1) is 0 Å². The van der Waals surface area contributed by atoms with Crippen LogP contribution in [0.3, 0.4) is 0 Å². The molecular weight excluding hydrogens is 178 g/mol. The summed E-state index contributed by atoms with van der Waals surface area (Å²) in [4.78, 5) is 8.12. The normalized spacial score (nSPS) is 11.1. The molecule has 5 heteroatoms. The molecular formula is C9H21N5. The van der Waals surface area contributed by atoms with E-state index < -0.39 is 0 Å². The molecule has 0 spiro atoms. The number of nitrogens with zero attached hydrogens (tertiary/aromatic N) is 2. The lowest BCUT2D eigenvalue weighted by Crippen LogP contribution is -2.29. The molecule has 0 radical (unpaired) electrons. The first-order valence-electron chi connectivity index (χ1n) is 5.08. The van der Waals surface area contributed by atoms with E-state index >= 15 is 0 Å². The van der Waals surface area contributed by atoms with Gasteiger partial charge in [-0.3, -0.25) is 4.99 Å². The monoisotopic (exact) mass is 199 g/mol. The average molecular weight is 199 g/mol. The summed E-state index contributed by atoms with van der Waals surface area (Å²) in [7, 11) is 0. The fourth-order valence-corrected chi connectivity index (χ4v) is 0.958. The summed E-state index contributed by atoms with van der Waals surface area (Å²) in [5.41, 5.74) is 10.5. The van der Waals surface area contributed by atoms with E-state index in [9.17, 15) is 0 Å². The van der Waals surface area contributed by atoms with Crippen molar-refractivity contribution in [2.45, 2.75) is 33.1 Å². The average Bonchev–Trinajstić information content (AvgIpc) is 2.12. The second-order valence-electron chi connectivity index (χ2n) is 2.98. The Labute approximate surface area is 85.7 Å². The van der Waals surface area contributed by atoms with Gasteiger partial charge >= 0.3 is 0 Å². The number of aliphatic imine (C=N–C) groups is 2. The lowest BCUT2D eigenvalue weighted by molar-refractivity contribution is 0.724. The number of unbranched alkanes of at least 4 members (excludes halogenated alkanes) is 2. The smallest absolute Gasteiger partial charge is 0.221 e. The van der Waals surface area contributed by atoms with Crippen LogP contribution in [0.15, 0.2) is 9.98 Å². The molecule has 0 aliphatic rings. The van der Waals surface area contributed by atoms with Crippen LogP contribution in [-0.2, 0) is 0 Å². The van der Waals surface area contributed by atoms with E-state index in [0.29, 0.717) is 5.96 Å². The minimum Gasteiger partial charge on any atom is -0.370 e. The minimum absolute atomic E-state index is 0.0418. The fraction of sp³-hybridized carbons (Fsp3) is 0.778. The van der Waals surface area contributed by atoms with Crippen molar-refractivity contribution in [3.05, 3.63) is 0 Å². The third kappa shape index (κ3) is 7.39. The van der Waals surface area contributed by atoms with Gasteiger partial charge in [0.15, 0.2) is 5.96 Å². The summed E-state index contributed by atoms with van der Waals surface area (Å²) >= 11 is 0. The molecule has 0 heterocycles. The Morgan fingerprint density at radius 3 is 2.43 bits per heavy atom. The Hall–Kier alpha value is -1.26. The summed E-state index contributed by atoms with van der Waals surface area (Å²) in [6, 6.07) is 0. The number of guanidine groups is 2. The predicted molar refractivity (Wildman–Crippen MR) is 61.3 cm³/mol. The van der Waals surface area contributed by atoms with Gasteiger partial charge in [-0.05, 0) is 13.3 Å². The molecule has 0 aliphatic carbocycles. The highest BCUT2D eigenvalue weighted by Gasteiger charge is 1.93. The second kappa shape index (κ2) is 8.34. The van der Waals surface area contributed by atoms with Gasteiger partial charge in [0.25, 0.3) is 0 Å². The third-order valence-electron chi connectivity index (χ3n) is 1.59. The summed E-state index contributed by atoms with van der Waals surface area (Å²) < 4.78 is 0. The van der Waals surface area contributed by atoms with Crippen LogP contribution in [0, 0.1) is 0 Å². The van der Waals surface area contributed by atoms with Crippen molar-refractivity contribution in [1.82, 2.24) is 5.32 Å². The molecule has 14 heavy (non-hydrogen) atoms. The van der Waals surface area contributed by atoms with Crippen molar-refractivity contribution in [3.8, 4) is 0 Å². The molecule has 0 rings (SSSR count). The molecule has 0 amide bonds. The Balaban J connectivity index is 3.98. The Kier molecular flexibility index (Phi) is 7.59. The summed E-state index contributed by atoms with van der Waals surface area (Å²) in [5, 5.41) is 2.99. The Morgan fingerprint density at radius 1 is 1.21 bits per heavy atom. The molecule has 0 aromatic rings. The van der Waals surface area contributed by atoms with E-state index in [-0.39, 0.29) is 5.96 Å². The van der Waals surface area contributed by atoms with Crippen molar-refractivity contribution < 1.29 is 0 Å². The highest BCUT2D eigenvalue weighted by atomic mass is 15.2. The number of nitrogens with two attached hydrogens (primary N) is 2. The topological polar surface area (TPSA) is 88.8 Å². The Morgan fingerprint density at radius 2 is 1.93 bits per heavy atom. The van der Waals surface area contributed by atoms with E-state index in [4.69, 9.17) is 11.5 Å². The van der Waals surface area contributed by atoms with Crippen molar-refractivity contribution in [2.75, 3.05) is 13.1 Å². The molecule has 82 valence electrons. The van der Waals surface area contributed by atoms with E-state index in [1.165, 1.54) is 12.8 Å². The van der Waals surface area contributed by atoms with Gasteiger partial charge in [-0.2, -0.15) is 4.99 Å². The summed E-state index contributed by atoms with van der Waals surface area (Å²) in [6.07, 6.45) is 3.45. The molecule has 0 saturated carbocycles. The quantitative estimate of drug-likeness (QED) is 0.340. The van der Waals surface area contributed by atoms with E-state index in [1.54, 1.807) is 0 Å². The van der Waals surface area contributed by atoms with Gasteiger partial charge in [0.05, 0.1) is 0 Å². The van der Waals surface area contributed by atoms with Crippen LogP contribution in [0.25, 0.3) is 0 Å². The largest absolute Gasteiger partial charge is 0.370 e. The van der Waals surface area contributed by atoms with Gasteiger partial charge in [0, 0.05) is 13.1 Å². The van der Waals surface area contributed by atoms with Crippen LogP contribution in [0.5, 0.6) is 0 Å². The van der Waals surface area contributed by atoms with Crippen LogP contribution < -0.4 is 16.8 Å². The molecule has 0 fully saturated rings. The van der Waals surface area contributed by atoms with Gasteiger partial charge in [0.1, 0.15) is 0 Å². The predicted octanol–water partition coefficient (Wildman–Crippen LogP) is 0.416. The first-order chi connectivity index (χ1) is 6.70. The number of rotatable bonds is 5. The zero-order chi connectivity index (χ0) is 10.8. The molecule has 5 nitrogen and oxygen atoms in total. The van der Waals surface area contributed by atoms with Crippen molar-refractivity contribution in [3.63, 3.8) is 0 Å². The summed E-state index contributed by atoms with van der Waals surface area (Å²) in [6.45, 7) is 5.67. The first-order valence-corrected chi connectivity index (χ1v) is 5.08. The zero-order valence-corrected chi connectivity index (χ0v) is 9.08. The van der Waals surface area contributed by atoms with E-state index in [2.05, 4.69) is 22.2 Å². The van der Waals surface area contributed by atoms with Crippen LogP contribution in [0.4, 0.5) is 0 Å². The van der Waals surface area contributed by atoms with Crippen LogP contribution in [0.1, 0.15) is 33.1 Å². The van der Waals surface area contributed by atoms with Crippen LogP contribution in [0.2, 0.25) is 0 Å². The molecule has 0 saturated heterocycles. The summed E-state index contributed by atoms with van der Waals surface area (Å²) in [5.74, 6) is 0.573. The molecule has 0 bridgehead atoms. The van der Waals surface area contributed by atoms with Crippen molar-refractivity contribution in [2.24, 2.45) is 21.5 Å². The Bertz CT molecular complexity index is 193. The lowest BCUT2D eigenvalue weighted by atomic mass is 10.2. The first kappa shape index (κ1) is 12.7. The van der Waals surface area contributed by atoms with Crippen molar-refractivity contribution in [1.29, 1.82) is 0 Å². The van der Waals surface area contributed by atoms with E-state index in [0.717, 1.165) is 19.5 Å². The number of hydrogen-bond donors (Lipinski definition) is 3. The molecule has 0 aliphatic heterocycles. The number of hydrogen-bond acceptors (Lipinski definition) is 1.